The molecule has 0 aliphatic rings. The summed E-state index contributed by atoms with van der Waals surface area (Å²) in [5.74, 6) is 0. The van der Waals surface area contributed by atoms with Crippen LogP contribution in [-0.2, 0) is 0 Å². The largest absolute Gasteiger partial charge is 0.256 e. The Hall–Kier alpha value is -6.83. The molecule has 0 aliphatic heterocycles. The van der Waals surface area contributed by atoms with Gasteiger partial charge in [0.1, 0.15) is 0 Å². The maximum atomic E-state index is 4.64. The zero-order valence-corrected chi connectivity index (χ0v) is 28.5. The van der Waals surface area contributed by atoms with Gasteiger partial charge in [-0.25, -0.2) is 0 Å². The fraction of sp³-hybridized carbons (Fsp3) is 0. The van der Waals surface area contributed by atoms with Gasteiger partial charge in [-0.15, -0.1) is 0 Å². The van der Waals surface area contributed by atoms with Crippen molar-refractivity contribution in [1.82, 2.24) is 4.98 Å². The zero-order valence-electron chi connectivity index (χ0n) is 28.5. The van der Waals surface area contributed by atoms with E-state index in [9.17, 15) is 0 Å². The Morgan fingerprint density at radius 1 is 0.250 bits per heavy atom. The second kappa shape index (κ2) is 12.5. The number of aromatic nitrogens is 1. The topological polar surface area (TPSA) is 12.9 Å². The van der Waals surface area contributed by atoms with Crippen LogP contribution >= 0.6 is 0 Å². The van der Waals surface area contributed by atoms with Crippen molar-refractivity contribution in [2.75, 3.05) is 0 Å². The van der Waals surface area contributed by atoms with Crippen LogP contribution in [0.1, 0.15) is 0 Å². The monoisotopic (exact) mass is 659 g/mol. The Bertz CT molecular complexity index is 2940. The molecule has 1 heteroatoms. The quantitative estimate of drug-likeness (QED) is 0.168. The van der Waals surface area contributed by atoms with Gasteiger partial charge in [-0.1, -0.05) is 164 Å². The first-order chi connectivity index (χ1) is 25.8. The summed E-state index contributed by atoms with van der Waals surface area (Å²) < 4.78 is 0. The first-order valence-electron chi connectivity index (χ1n) is 17.9. The highest BCUT2D eigenvalue weighted by atomic mass is 14.7. The SMILES string of the molecule is c1ccc(-c2cc(-c3ccc(-c4ccc5c(-c6ccc7ccccc7c6)c6ccccc6c(-c6ccc7ccccc7c6)c5c4)cc3)ccn2)cc1. The summed E-state index contributed by atoms with van der Waals surface area (Å²) in [7, 11) is 0. The number of rotatable bonds is 5. The number of nitrogens with zero attached hydrogens (tertiary/aromatic N) is 1. The van der Waals surface area contributed by atoms with E-state index in [-0.39, 0.29) is 0 Å². The molecule has 242 valence electrons. The van der Waals surface area contributed by atoms with Crippen molar-refractivity contribution < 1.29 is 0 Å². The van der Waals surface area contributed by atoms with Crippen LogP contribution in [-0.4, -0.2) is 4.98 Å². The van der Waals surface area contributed by atoms with Crippen molar-refractivity contribution in [3.63, 3.8) is 0 Å². The average Bonchev–Trinajstić information content (AvgIpc) is 3.22. The summed E-state index contributed by atoms with van der Waals surface area (Å²) in [6.07, 6.45) is 1.90. The van der Waals surface area contributed by atoms with Crippen molar-refractivity contribution in [2.24, 2.45) is 0 Å². The summed E-state index contributed by atoms with van der Waals surface area (Å²) in [4.78, 5) is 4.64. The van der Waals surface area contributed by atoms with Gasteiger partial charge in [0.25, 0.3) is 0 Å². The molecule has 10 aromatic rings. The first-order valence-corrected chi connectivity index (χ1v) is 17.9. The van der Waals surface area contributed by atoms with Crippen LogP contribution in [0.2, 0.25) is 0 Å². The van der Waals surface area contributed by atoms with E-state index in [1.54, 1.807) is 0 Å². The standard InChI is InChI=1S/C51H33N/c1-2-12-38(13-3-1)49-33-42(28-29-52-49)37-20-18-36(19-21-37)41-26-27-47-48(32-41)51(44-25-23-35-11-5-7-15-40(35)31-44)46-17-9-8-16-45(46)50(47)43-24-22-34-10-4-6-14-39(34)30-43/h1-33H. The average molecular weight is 660 g/mol. The van der Waals surface area contributed by atoms with Gasteiger partial charge in [0.2, 0.25) is 0 Å². The second-order valence-electron chi connectivity index (χ2n) is 13.6. The van der Waals surface area contributed by atoms with Crippen LogP contribution in [0.15, 0.2) is 200 Å². The van der Waals surface area contributed by atoms with Gasteiger partial charge in [-0.3, -0.25) is 4.98 Å². The number of pyridine rings is 1. The molecule has 0 fully saturated rings. The summed E-state index contributed by atoms with van der Waals surface area (Å²) in [5, 5.41) is 10.0. The predicted octanol–water partition coefficient (Wildman–Crippen LogP) is 14.0. The highest BCUT2D eigenvalue weighted by molar-refractivity contribution is 6.22. The van der Waals surface area contributed by atoms with Crippen molar-refractivity contribution in [2.45, 2.75) is 0 Å². The molecule has 0 unspecified atom stereocenters. The Labute approximate surface area is 303 Å². The number of benzene rings is 9. The van der Waals surface area contributed by atoms with Crippen LogP contribution in [0.4, 0.5) is 0 Å². The molecule has 10 rings (SSSR count). The van der Waals surface area contributed by atoms with Gasteiger partial charge >= 0.3 is 0 Å². The van der Waals surface area contributed by atoms with Gasteiger partial charge in [0.05, 0.1) is 5.69 Å². The fourth-order valence-electron chi connectivity index (χ4n) is 7.90. The first kappa shape index (κ1) is 30.0. The minimum atomic E-state index is 0.979. The number of hydrogen-bond donors (Lipinski definition) is 0. The maximum Gasteiger partial charge on any atom is 0.0708 e. The second-order valence-corrected chi connectivity index (χ2v) is 13.6. The molecule has 9 aromatic carbocycles. The molecule has 0 amide bonds. The van der Waals surface area contributed by atoms with Crippen molar-refractivity contribution in [1.29, 1.82) is 0 Å². The van der Waals surface area contributed by atoms with Crippen LogP contribution in [0.3, 0.4) is 0 Å². The van der Waals surface area contributed by atoms with Crippen LogP contribution < -0.4 is 0 Å². The molecule has 0 spiro atoms. The molecule has 0 N–H and O–H groups in total. The van der Waals surface area contributed by atoms with Crippen LogP contribution in [0.25, 0.3) is 98.9 Å². The third-order valence-corrected chi connectivity index (χ3v) is 10.5. The van der Waals surface area contributed by atoms with E-state index in [4.69, 9.17) is 0 Å². The highest BCUT2D eigenvalue weighted by Gasteiger charge is 2.18. The van der Waals surface area contributed by atoms with Crippen LogP contribution in [0.5, 0.6) is 0 Å². The van der Waals surface area contributed by atoms with E-state index in [2.05, 4.69) is 193 Å². The lowest BCUT2D eigenvalue weighted by atomic mass is 9.84. The Balaban J connectivity index is 1.17. The molecule has 0 bridgehead atoms. The summed E-state index contributed by atoms with van der Waals surface area (Å²) in [5.41, 5.74) is 11.8. The van der Waals surface area contributed by atoms with E-state index in [0.717, 1.165) is 16.8 Å². The molecule has 0 aliphatic carbocycles. The molecule has 1 aromatic heterocycles. The molecular formula is C51H33N. The minimum absolute atomic E-state index is 0.979. The lowest BCUT2D eigenvalue weighted by Crippen LogP contribution is -1.92. The Morgan fingerprint density at radius 2 is 0.712 bits per heavy atom. The summed E-state index contributed by atoms with van der Waals surface area (Å²) in [6, 6.07) is 70.6. The van der Waals surface area contributed by atoms with Crippen molar-refractivity contribution in [3.8, 4) is 55.8 Å². The van der Waals surface area contributed by atoms with E-state index < -0.39 is 0 Å². The van der Waals surface area contributed by atoms with E-state index in [1.165, 1.54) is 82.0 Å². The maximum absolute atomic E-state index is 4.64. The Kier molecular flexibility index (Phi) is 7.22. The van der Waals surface area contributed by atoms with Crippen molar-refractivity contribution in [3.05, 3.63) is 200 Å². The molecule has 0 radical (unpaired) electrons. The molecule has 52 heavy (non-hydrogen) atoms. The van der Waals surface area contributed by atoms with Gasteiger partial charge in [-0.05, 0) is 118 Å². The van der Waals surface area contributed by atoms with E-state index in [1.807, 2.05) is 12.3 Å². The molecule has 1 heterocycles. The minimum Gasteiger partial charge on any atom is -0.256 e. The summed E-state index contributed by atoms with van der Waals surface area (Å²) in [6.45, 7) is 0. The fourth-order valence-corrected chi connectivity index (χ4v) is 7.90. The molecule has 1 nitrogen and oxygen atoms in total. The van der Waals surface area contributed by atoms with E-state index in [0.29, 0.717) is 0 Å². The van der Waals surface area contributed by atoms with Crippen LogP contribution in [0, 0.1) is 0 Å². The lowest BCUT2D eigenvalue weighted by molar-refractivity contribution is 1.33. The zero-order chi connectivity index (χ0) is 34.4. The normalized spacial score (nSPS) is 11.5. The van der Waals surface area contributed by atoms with Gasteiger partial charge in [0, 0.05) is 11.8 Å². The van der Waals surface area contributed by atoms with Gasteiger partial charge in [0.15, 0.2) is 0 Å². The molecule has 0 saturated heterocycles. The molecular weight excluding hydrogens is 627 g/mol. The number of fused-ring (bicyclic) bond motifs is 4. The predicted molar refractivity (Wildman–Crippen MR) is 221 cm³/mol. The smallest absolute Gasteiger partial charge is 0.0708 e. The third-order valence-electron chi connectivity index (χ3n) is 10.5. The number of hydrogen-bond acceptors (Lipinski definition) is 1. The van der Waals surface area contributed by atoms with Gasteiger partial charge < -0.3 is 0 Å². The third kappa shape index (κ3) is 5.23. The highest BCUT2D eigenvalue weighted by Crippen LogP contribution is 2.45. The Morgan fingerprint density at radius 3 is 1.33 bits per heavy atom. The molecule has 0 saturated carbocycles. The van der Waals surface area contributed by atoms with Gasteiger partial charge in [-0.2, -0.15) is 0 Å². The summed E-state index contributed by atoms with van der Waals surface area (Å²) >= 11 is 0. The van der Waals surface area contributed by atoms with Crippen molar-refractivity contribution >= 4 is 43.1 Å². The molecule has 0 atom stereocenters. The van der Waals surface area contributed by atoms with E-state index >= 15 is 0 Å². The lowest BCUT2D eigenvalue weighted by Gasteiger charge is -2.19.